The van der Waals surface area contributed by atoms with Gasteiger partial charge in [0.1, 0.15) is 5.01 Å². The number of carbonyl (C=O) groups is 1. The van der Waals surface area contributed by atoms with Gasteiger partial charge in [-0.1, -0.05) is 60.4 Å². The van der Waals surface area contributed by atoms with E-state index < -0.39 is 5.25 Å². The van der Waals surface area contributed by atoms with Gasteiger partial charge in [-0.25, -0.2) is 4.98 Å². The van der Waals surface area contributed by atoms with Gasteiger partial charge in [-0.05, 0) is 13.3 Å². The van der Waals surface area contributed by atoms with E-state index in [0.717, 1.165) is 17.0 Å². The quantitative estimate of drug-likeness (QED) is 0.498. The summed E-state index contributed by atoms with van der Waals surface area (Å²) in [4.78, 5) is 31.4. The number of carbonyl (C=O) groups excluding carboxylic acids is 1. The van der Waals surface area contributed by atoms with Crippen molar-refractivity contribution in [2.75, 3.05) is 5.32 Å². The van der Waals surface area contributed by atoms with E-state index in [0.29, 0.717) is 16.0 Å². The summed E-state index contributed by atoms with van der Waals surface area (Å²) in [5.74, 6) is -0.221. The number of thioether (sulfide) groups is 1. The molecular formula is C17H17N5O2S2. The summed E-state index contributed by atoms with van der Waals surface area (Å²) in [6.45, 7) is 3.73. The number of nitrogens with one attached hydrogen (secondary N) is 2. The first-order valence-corrected chi connectivity index (χ1v) is 9.71. The van der Waals surface area contributed by atoms with E-state index in [-0.39, 0.29) is 11.5 Å². The number of aryl methyl sites for hydroxylation is 1. The van der Waals surface area contributed by atoms with Crippen LogP contribution in [-0.2, 0) is 11.2 Å². The van der Waals surface area contributed by atoms with Crippen molar-refractivity contribution in [2.45, 2.75) is 30.7 Å². The van der Waals surface area contributed by atoms with Crippen LogP contribution in [0.15, 0.2) is 46.3 Å². The van der Waals surface area contributed by atoms with Crippen molar-refractivity contribution in [2.24, 2.45) is 0 Å². The molecule has 26 heavy (non-hydrogen) atoms. The normalized spacial score (nSPS) is 11.9. The smallest absolute Gasteiger partial charge is 0.252 e. The van der Waals surface area contributed by atoms with Crippen LogP contribution in [0.2, 0.25) is 0 Å². The van der Waals surface area contributed by atoms with Crippen LogP contribution in [0.3, 0.4) is 0 Å². The van der Waals surface area contributed by atoms with Gasteiger partial charge in [0, 0.05) is 11.6 Å². The Hall–Kier alpha value is -2.52. The average molecular weight is 387 g/mol. The van der Waals surface area contributed by atoms with Gasteiger partial charge in [0.2, 0.25) is 11.0 Å². The number of aromatic amines is 1. The molecule has 0 aliphatic heterocycles. The summed E-state index contributed by atoms with van der Waals surface area (Å²) in [7, 11) is 0. The van der Waals surface area contributed by atoms with E-state index in [4.69, 9.17) is 0 Å². The van der Waals surface area contributed by atoms with Crippen LogP contribution in [0.25, 0.3) is 11.3 Å². The second-order valence-electron chi connectivity index (χ2n) is 5.41. The Kier molecular flexibility index (Phi) is 5.79. The Balaban J connectivity index is 1.72. The topological polar surface area (TPSA) is 101 Å². The lowest BCUT2D eigenvalue weighted by atomic mass is 10.1. The van der Waals surface area contributed by atoms with E-state index in [1.807, 2.05) is 37.3 Å². The molecule has 0 aliphatic carbocycles. The molecule has 2 aromatic heterocycles. The number of hydrogen-bond donors (Lipinski definition) is 2. The van der Waals surface area contributed by atoms with Crippen molar-refractivity contribution < 1.29 is 4.79 Å². The molecule has 134 valence electrons. The fraction of sp³-hybridized carbons (Fsp3) is 0.235. The van der Waals surface area contributed by atoms with Gasteiger partial charge in [-0.3, -0.25) is 14.9 Å². The lowest BCUT2D eigenvalue weighted by molar-refractivity contribution is -0.115. The number of rotatable bonds is 6. The van der Waals surface area contributed by atoms with Crippen molar-refractivity contribution in [3.8, 4) is 11.3 Å². The molecule has 1 amide bonds. The molecule has 0 fully saturated rings. The number of hydrogen-bond acceptors (Lipinski definition) is 7. The van der Waals surface area contributed by atoms with Gasteiger partial charge in [0.15, 0.2) is 5.16 Å². The Morgan fingerprint density at radius 3 is 2.77 bits per heavy atom. The van der Waals surface area contributed by atoms with Gasteiger partial charge in [-0.15, -0.1) is 10.2 Å². The van der Waals surface area contributed by atoms with Crippen molar-refractivity contribution in [3.63, 3.8) is 0 Å². The maximum atomic E-state index is 12.3. The Bertz CT molecular complexity index is 955. The first-order chi connectivity index (χ1) is 12.5. The van der Waals surface area contributed by atoms with E-state index in [1.165, 1.54) is 29.2 Å². The molecule has 1 unspecified atom stereocenters. The highest BCUT2D eigenvalue weighted by Gasteiger charge is 2.18. The third-order valence-corrected chi connectivity index (χ3v) is 5.41. The maximum Gasteiger partial charge on any atom is 0.252 e. The zero-order chi connectivity index (χ0) is 18.5. The molecule has 0 spiro atoms. The van der Waals surface area contributed by atoms with Crippen LogP contribution in [0.1, 0.15) is 18.9 Å². The minimum absolute atomic E-state index is 0.221. The average Bonchev–Trinajstić information content (AvgIpc) is 3.09. The van der Waals surface area contributed by atoms with Crippen molar-refractivity contribution in [1.82, 2.24) is 20.2 Å². The Labute approximate surface area is 158 Å². The fourth-order valence-electron chi connectivity index (χ4n) is 2.12. The molecule has 9 heteroatoms. The van der Waals surface area contributed by atoms with Crippen molar-refractivity contribution in [3.05, 3.63) is 51.8 Å². The van der Waals surface area contributed by atoms with E-state index >= 15 is 0 Å². The van der Waals surface area contributed by atoms with Gasteiger partial charge in [0.25, 0.3) is 5.56 Å². The number of aromatic nitrogens is 4. The summed E-state index contributed by atoms with van der Waals surface area (Å²) >= 11 is 2.53. The molecule has 0 saturated heterocycles. The Morgan fingerprint density at radius 2 is 2.08 bits per heavy atom. The number of benzene rings is 1. The predicted octanol–water partition coefficient (Wildman–Crippen LogP) is 2.97. The van der Waals surface area contributed by atoms with Crippen LogP contribution < -0.4 is 10.9 Å². The molecule has 0 bridgehead atoms. The number of amides is 1. The third-order valence-electron chi connectivity index (χ3n) is 3.45. The summed E-state index contributed by atoms with van der Waals surface area (Å²) in [5.41, 5.74) is 1.16. The largest absolute Gasteiger partial charge is 0.301 e. The van der Waals surface area contributed by atoms with Crippen LogP contribution in [0.5, 0.6) is 0 Å². The molecule has 0 aliphatic rings. The molecule has 0 radical (unpaired) electrons. The summed E-state index contributed by atoms with van der Waals surface area (Å²) in [6, 6.07) is 10.9. The Morgan fingerprint density at radius 1 is 1.31 bits per heavy atom. The van der Waals surface area contributed by atoms with Crippen LogP contribution in [-0.4, -0.2) is 31.3 Å². The van der Waals surface area contributed by atoms with Crippen molar-refractivity contribution >= 4 is 34.1 Å². The molecule has 2 heterocycles. The second-order valence-corrected chi connectivity index (χ2v) is 7.80. The summed E-state index contributed by atoms with van der Waals surface area (Å²) in [6.07, 6.45) is 0.773. The van der Waals surface area contributed by atoms with Crippen LogP contribution >= 0.6 is 23.1 Å². The monoisotopic (exact) mass is 387 g/mol. The number of anilines is 1. The SMILES string of the molecule is CCc1nnc(NC(=O)C(C)Sc2nc(-c3ccccc3)cc(=O)[nH]2)s1. The van der Waals surface area contributed by atoms with Gasteiger partial charge in [0.05, 0.1) is 10.9 Å². The molecule has 2 N–H and O–H groups in total. The molecule has 3 rings (SSSR count). The molecule has 1 atom stereocenters. The minimum Gasteiger partial charge on any atom is -0.301 e. The zero-order valence-electron chi connectivity index (χ0n) is 14.2. The predicted molar refractivity (Wildman–Crippen MR) is 104 cm³/mol. The lowest BCUT2D eigenvalue weighted by Gasteiger charge is -2.10. The lowest BCUT2D eigenvalue weighted by Crippen LogP contribution is -2.23. The van der Waals surface area contributed by atoms with Gasteiger partial charge >= 0.3 is 0 Å². The van der Waals surface area contributed by atoms with Gasteiger partial charge < -0.3 is 4.98 Å². The number of nitrogens with zero attached hydrogens (tertiary/aromatic N) is 3. The second kappa shape index (κ2) is 8.24. The first kappa shape index (κ1) is 18.3. The minimum atomic E-state index is -0.460. The number of H-pyrrole nitrogens is 1. The van der Waals surface area contributed by atoms with E-state index in [9.17, 15) is 9.59 Å². The van der Waals surface area contributed by atoms with Crippen LogP contribution in [0.4, 0.5) is 5.13 Å². The van der Waals surface area contributed by atoms with Crippen molar-refractivity contribution in [1.29, 1.82) is 0 Å². The van der Waals surface area contributed by atoms with E-state index in [1.54, 1.807) is 6.92 Å². The maximum absolute atomic E-state index is 12.3. The first-order valence-electron chi connectivity index (χ1n) is 8.02. The highest BCUT2D eigenvalue weighted by Crippen LogP contribution is 2.23. The summed E-state index contributed by atoms with van der Waals surface area (Å²) < 4.78 is 0. The molecular weight excluding hydrogens is 370 g/mol. The zero-order valence-corrected chi connectivity index (χ0v) is 15.9. The standard InChI is InChI=1S/C17H17N5O2S2/c1-3-14-21-22-17(26-14)20-15(24)10(2)25-16-18-12(9-13(23)19-16)11-7-5-4-6-8-11/h4-10H,3H2,1-2H3,(H,18,19,23)(H,20,22,24). The molecule has 7 nitrogen and oxygen atoms in total. The summed E-state index contributed by atoms with van der Waals surface area (Å²) in [5, 5.41) is 11.9. The third kappa shape index (κ3) is 4.55. The molecule has 1 aromatic carbocycles. The highest BCUT2D eigenvalue weighted by atomic mass is 32.2. The molecule has 0 saturated carbocycles. The van der Waals surface area contributed by atoms with Gasteiger partial charge in [-0.2, -0.15) is 0 Å². The van der Waals surface area contributed by atoms with E-state index in [2.05, 4.69) is 25.5 Å². The van der Waals surface area contributed by atoms with Crippen LogP contribution in [0, 0.1) is 0 Å². The molecule has 3 aromatic rings. The highest BCUT2D eigenvalue weighted by molar-refractivity contribution is 8.00. The fourth-order valence-corrected chi connectivity index (χ4v) is 3.62.